The third-order valence-corrected chi connectivity index (χ3v) is 3.76. The van der Waals surface area contributed by atoms with E-state index in [4.69, 9.17) is 4.74 Å². The van der Waals surface area contributed by atoms with Crippen molar-refractivity contribution in [3.05, 3.63) is 35.9 Å². The lowest BCUT2D eigenvalue weighted by atomic mass is 10.0. The van der Waals surface area contributed by atoms with Crippen LogP contribution in [0.1, 0.15) is 12.0 Å². The average Bonchev–Trinajstić information content (AvgIpc) is 2.73. The Morgan fingerprint density at radius 2 is 2.17 bits per heavy atom. The van der Waals surface area contributed by atoms with E-state index < -0.39 is 0 Å². The second-order valence-corrected chi connectivity index (χ2v) is 4.91. The predicted molar refractivity (Wildman–Crippen MR) is 68.4 cm³/mol. The summed E-state index contributed by atoms with van der Waals surface area (Å²) >= 11 is 0. The number of nitrogens with zero attached hydrogens (tertiary/aromatic N) is 1. The van der Waals surface area contributed by atoms with E-state index in [0.29, 0.717) is 0 Å². The van der Waals surface area contributed by atoms with Crippen molar-refractivity contribution in [3.63, 3.8) is 0 Å². The lowest BCUT2D eigenvalue weighted by Gasteiger charge is -2.28. The van der Waals surface area contributed by atoms with Gasteiger partial charge >= 0.3 is 6.09 Å². The highest BCUT2D eigenvalue weighted by atomic mass is 16.6. The Balaban J connectivity index is 1.63. The molecule has 2 aliphatic heterocycles. The van der Waals surface area contributed by atoms with Crippen LogP contribution in [-0.2, 0) is 11.2 Å². The summed E-state index contributed by atoms with van der Waals surface area (Å²) in [5, 5.41) is 3.33. The van der Waals surface area contributed by atoms with Crippen molar-refractivity contribution < 1.29 is 9.53 Å². The van der Waals surface area contributed by atoms with Gasteiger partial charge in [-0.05, 0) is 24.9 Å². The fourth-order valence-electron chi connectivity index (χ4n) is 2.75. The van der Waals surface area contributed by atoms with Crippen molar-refractivity contribution in [3.8, 4) is 0 Å². The molecule has 2 saturated heterocycles. The summed E-state index contributed by atoms with van der Waals surface area (Å²) in [5.41, 5.74) is 1.26. The largest absolute Gasteiger partial charge is 0.444 e. The van der Waals surface area contributed by atoms with Crippen molar-refractivity contribution in [2.24, 2.45) is 0 Å². The Bertz CT molecular complexity index is 421. The fourth-order valence-corrected chi connectivity index (χ4v) is 2.75. The van der Waals surface area contributed by atoms with E-state index in [-0.39, 0.29) is 18.2 Å². The number of amides is 1. The summed E-state index contributed by atoms with van der Waals surface area (Å²) in [5.74, 6) is 0. The van der Waals surface area contributed by atoms with Crippen molar-refractivity contribution in [1.82, 2.24) is 10.2 Å². The van der Waals surface area contributed by atoms with Gasteiger partial charge in [0.2, 0.25) is 0 Å². The van der Waals surface area contributed by atoms with Gasteiger partial charge < -0.3 is 10.1 Å². The molecule has 1 amide bonds. The maximum atomic E-state index is 11.8. The number of hydrogen-bond donors (Lipinski definition) is 1. The molecular formula is C14H18N2O2. The Kier molecular flexibility index (Phi) is 3.19. The first-order valence-electron chi connectivity index (χ1n) is 6.56. The molecule has 0 bridgehead atoms. The topological polar surface area (TPSA) is 41.6 Å². The van der Waals surface area contributed by atoms with Crippen molar-refractivity contribution in [2.45, 2.75) is 25.0 Å². The summed E-state index contributed by atoms with van der Waals surface area (Å²) in [6, 6.07) is 10.5. The molecule has 0 aromatic heterocycles. The minimum atomic E-state index is -0.148. The van der Waals surface area contributed by atoms with Gasteiger partial charge in [-0.25, -0.2) is 4.79 Å². The summed E-state index contributed by atoms with van der Waals surface area (Å²) in [6.45, 7) is 2.54. The number of piperidine rings is 1. The fraction of sp³-hybridized carbons (Fsp3) is 0.500. The third-order valence-electron chi connectivity index (χ3n) is 3.76. The molecule has 0 radical (unpaired) electrons. The van der Waals surface area contributed by atoms with Gasteiger partial charge in [-0.15, -0.1) is 0 Å². The van der Waals surface area contributed by atoms with Crippen LogP contribution in [0.5, 0.6) is 0 Å². The summed E-state index contributed by atoms with van der Waals surface area (Å²) < 4.78 is 5.41. The molecule has 0 aliphatic carbocycles. The highest BCUT2D eigenvalue weighted by Crippen LogP contribution is 2.24. The van der Waals surface area contributed by atoms with Crippen molar-refractivity contribution in [1.29, 1.82) is 0 Å². The molecule has 0 spiro atoms. The molecule has 2 atom stereocenters. The smallest absolute Gasteiger partial charge is 0.410 e. The van der Waals surface area contributed by atoms with Gasteiger partial charge in [-0.1, -0.05) is 30.3 Å². The minimum Gasteiger partial charge on any atom is -0.444 e. The Labute approximate surface area is 107 Å². The van der Waals surface area contributed by atoms with Gasteiger partial charge in [-0.3, -0.25) is 4.90 Å². The molecule has 0 saturated carbocycles. The van der Waals surface area contributed by atoms with E-state index in [1.165, 1.54) is 5.56 Å². The van der Waals surface area contributed by atoms with Crippen LogP contribution < -0.4 is 5.32 Å². The molecule has 1 N–H and O–H groups in total. The van der Waals surface area contributed by atoms with E-state index in [2.05, 4.69) is 17.4 Å². The van der Waals surface area contributed by atoms with Crippen LogP contribution in [0.15, 0.2) is 30.3 Å². The molecule has 2 unspecified atom stereocenters. The maximum Gasteiger partial charge on any atom is 0.410 e. The van der Waals surface area contributed by atoms with Gasteiger partial charge in [0, 0.05) is 13.1 Å². The highest BCUT2D eigenvalue weighted by molar-refractivity contribution is 5.70. The molecule has 2 aliphatic rings. The van der Waals surface area contributed by atoms with Crippen LogP contribution in [0, 0.1) is 0 Å². The average molecular weight is 246 g/mol. The summed E-state index contributed by atoms with van der Waals surface area (Å²) in [4.78, 5) is 13.7. The number of carbonyl (C=O) groups excluding carboxylic acids is 1. The lowest BCUT2D eigenvalue weighted by molar-refractivity contribution is 0.117. The molecular weight excluding hydrogens is 228 g/mol. The SMILES string of the molecule is O=C1OC2CCNCC2N1CCc1ccccc1. The van der Waals surface area contributed by atoms with Crippen molar-refractivity contribution in [2.75, 3.05) is 19.6 Å². The molecule has 2 heterocycles. The summed E-state index contributed by atoms with van der Waals surface area (Å²) in [6.07, 6.45) is 1.76. The molecule has 18 heavy (non-hydrogen) atoms. The number of carbonyl (C=O) groups is 1. The Morgan fingerprint density at radius 1 is 1.33 bits per heavy atom. The quantitative estimate of drug-likeness (QED) is 0.877. The van der Waals surface area contributed by atoms with Crippen molar-refractivity contribution >= 4 is 6.09 Å². The number of ether oxygens (including phenoxy) is 1. The van der Waals surface area contributed by atoms with Crippen LogP contribution in [-0.4, -0.2) is 42.8 Å². The first kappa shape index (κ1) is 11.5. The van der Waals surface area contributed by atoms with E-state index in [1.807, 2.05) is 23.1 Å². The molecule has 3 rings (SSSR count). The lowest BCUT2D eigenvalue weighted by Crippen LogP contribution is -2.49. The normalized spacial score (nSPS) is 26.9. The van der Waals surface area contributed by atoms with Gasteiger partial charge in [0.15, 0.2) is 0 Å². The van der Waals surface area contributed by atoms with Crippen LogP contribution in [0.2, 0.25) is 0 Å². The van der Waals surface area contributed by atoms with Gasteiger partial charge in [-0.2, -0.15) is 0 Å². The number of rotatable bonds is 3. The highest BCUT2D eigenvalue weighted by Gasteiger charge is 2.42. The number of fused-ring (bicyclic) bond motifs is 1. The van der Waals surface area contributed by atoms with Crippen LogP contribution in [0.4, 0.5) is 4.79 Å². The van der Waals surface area contributed by atoms with E-state index in [9.17, 15) is 4.79 Å². The standard InChI is InChI=1S/C14H18N2O2/c17-14-16(9-7-11-4-2-1-3-5-11)12-10-15-8-6-13(12)18-14/h1-5,12-13,15H,6-10H2. The van der Waals surface area contributed by atoms with Crippen LogP contribution in [0.25, 0.3) is 0 Å². The zero-order valence-corrected chi connectivity index (χ0v) is 10.3. The van der Waals surface area contributed by atoms with Crippen LogP contribution >= 0.6 is 0 Å². The van der Waals surface area contributed by atoms with E-state index >= 15 is 0 Å². The van der Waals surface area contributed by atoms with Gasteiger partial charge in [0.1, 0.15) is 6.10 Å². The first-order chi connectivity index (χ1) is 8.84. The molecule has 4 heteroatoms. The second-order valence-electron chi connectivity index (χ2n) is 4.91. The third kappa shape index (κ3) is 2.20. The monoisotopic (exact) mass is 246 g/mol. The first-order valence-corrected chi connectivity index (χ1v) is 6.56. The number of nitrogens with one attached hydrogen (secondary N) is 1. The van der Waals surface area contributed by atoms with Crippen LogP contribution in [0.3, 0.4) is 0 Å². The Hall–Kier alpha value is -1.55. The second kappa shape index (κ2) is 4.98. The zero-order chi connectivity index (χ0) is 12.4. The summed E-state index contributed by atoms with van der Waals surface area (Å²) in [7, 11) is 0. The van der Waals surface area contributed by atoms with Gasteiger partial charge in [0.25, 0.3) is 0 Å². The van der Waals surface area contributed by atoms with E-state index in [0.717, 1.165) is 32.5 Å². The zero-order valence-electron chi connectivity index (χ0n) is 10.3. The van der Waals surface area contributed by atoms with E-state index in [1.54, 1.807) is 0 Å². The number of hydrogen-bond acceptors (Lipinski definition) is 3. The van der Waals surface area contributed by atoms with Gasteiger partial charge in [0.05, 0.1) is 6.04 Å². The predicted octanol–water partition coefficient (Wildman–Crippen LogP) is 1.41. The molecule has 96 valence electrons. The molecule has 2 fully saturated rings. The molecule has 1 aromatic carbocycles. The molecule has 4 nitrogen and oxygen atoms in total. The Morgan fingerprint density at radius 3 is 3.00 bits per heavy atom. The minimum absolute atomic E-state index is 0.0922. The maximum absolute atomic E-state index is 11.8. The molecule has 1 aromatic rings. The number of benzene rings is 1.